The molecule has 0 radical (unpaired) electrons. The average Bonchev–Trinajstić information content (AvgIpc) is 3.20. The van der Waals surface area contributed by atoms with Crippen molar-refractivity contribution in [3.05, 3.63) is 30.5 Å². The summed E-state index contributed by atoms with van der Waals surface area (Å²) in [5.74, 6) is 0.631. The summed E-state index contributed by atoms with van der Waals surface area (Å²) in [5, 5.41) is 1.18. The van der Waals surface area contributed by atoms with Crippen LogP contribution in [0.1, 0.15) is 26.7 Å². The molecule has 0 unspecified atom stereocenters. The van der Waals surface area contributed by atoms with Crippen molar-refractivity contribution in [1.29, 1.82) is 0 Å². The lowest BCUT2D eigenvalue weighted by atomic mass is 10.1. The van der Waals surface area contributed by atoms with Gasteiger partial charge in [0.15, 0.2) is 0 Å². The standard InChI is InChI=1S/C16H21N3/c1-11(2)10-19(12-7-8-12)16-13-5-3-4-6-15(13)18-9-14(16)17/h3-6,9,11-12H,7-8,10,17H2,1-2H3. The summed E-state index contributed by atoms with van der Waals surface area (Å²) >= 11 is 0. The molecule has 3 heteroatoms. The Balaban J connectivity index is 2.13. The third-order valence-corrected chi connectivity index (χ3v) is 3.61. The molecule has 0 amide bonds. The highest BCUT2D eigenvalue weighted by molar-refractivity contribution is 5.97. The van der Waals surface area contributed by atoms with E-state index in [4.69, 9.17) is 5.73 Å². The normalized spacial score (nSPS) is 15.1. The molecule has 1 aromatic carbocycles. The van der Waals surface area contributed by atoms with Crippen molar-refractivity contribution in [2.24, 2.45) is 5.92 Å². The molecular formula is C16H21N3. The largest absolute Gasteiger partial charge is 0.396 e. The van der Waals surface area contributed by atoms with Crippen LogP contribution in [0.25, 0.3) is 10.9 Å². The van der Waals surface area contributed by atoms with E-state index < -0.39 is 0 Å². The van der Waals surface area contributed by atoms with E-state index in [1.54, 1.807) is 6.20 Å². The fourth-order valence-corrected chi connectivity index (χ4v) is 2.67. The highest BCUT2D eigenvalue weighted by Crippen LogP contribution is 2.39. The SMILES string of the molecule is CC(C)CN(c1c(N)cnc2ccccc12)C1CC1. The topological polar surface area (TPSA) is 42.1 Å². The smallest absolute Gasteiger partial charge is 0.0745 e. The number of fused-ring (bicyclic) bond motifs is 1. The van der Waals surface area contributed by atoms with E-state index in [1.165, 1.54) is 23.9 Å². The summed E-state index contributed by atoms with van der Waals surface area (Å²) in [6.07, 6.45) is 4.36. The maximum atomic E-state index is 6.22. The number of aromatic nitrogens is 1. The first-order chi connectivity index (χ1) is 9.16. The van der Waals surface area contributed by atoms with Crippen molar-refractivity contribution < 1.29 is 0 Å². The van der Waals surface area contributed by atoms with Gasteiger partial charge in [-0.15, -0.1) is 0 Å². The third kappa shape index (κ3) is 2.37. The first-order valence-corrected chi connectivity index (χ1v) is 7.06. The van der Waals surface area contributed by atoms with Crippen LogP contribution in [0.5, 0.6) is 0 Å². The molecular weight excluding hydrogens is 234 g/mol. The summed E-state index contributed by atoms with van der Waals surface area (Å²) in [5.41, 5.74) is 9.23. The Morgan fingerprint density at radius 2 is 2.05 bits per heavy atom. The summed E-state index contributed by atoms with van der Waals surface area (Å²) < 4.78 is 0. The van der Waals surface area contributed by atoms with Gasteiger partial charge in [0.25, 0.3) is 0 Å². The molecule has 1 heterocycles. The first-order valence-electron chi connectivity index (χ1n) is 7.06. The minimum atomic E-state index is 0.631. The van der Waals surface area contributed by atoms with Crippen LogP contribution in [-0.4, -0.2) is 17.6 Å². The Kier molecular flexibility index (Phi) is 3.05. The zero-order chi connectivity index (χ0) is 13.4. The number of rotatable bonds is 4. The Hall–Kier alpha value is -1.77. The summed E-state index contributed by atoms with van der Waals surface area (Å²) in [7, 11) is 0. The quantitative estimate of drug-likeness (QED) is 0.910. The highest BCUT2D eigenvalue weighted by atomic mass is 15.2. The van der Waals surface area contributed by atoms with Crippen LogP contribution in [0.15, 0.2) is 30.5 Å². The molecule has 19 heavy (non-hydrogen) atoms. The van der Waals surface area contributed by atoms with Gasteiger partial charge < -0.3 is 10.6 Å². The van der Waals surface area contributed by atoms with Crippen LogP contribution < -0.4 is 10.6 Å². The molecule has 0 atom stereocenters. The second kappa shape index (κ2) is 4.72. The fourth-order valence-electron chi connectivity index (χ4n) is 2.67. The number of para-hydroxylation sites is 1. The minimum absolute atomic E-state index is 0.631. The Labute approximate surface area is 114 Å². The highest BCUT2D eigenvalue weighted by Gasteiger charge is 2.31. The van der Waals surface area contributed by atoms with Gasteiger partial charge in [0.1, 0.15) is 0 Å². The van der Waals surface area contributed by atoms with Crippen molar-refractivity contribution in [3.8, 4) is 0 Å². The van der Waals surface area contributed by atoms with Gasteiger partial charge in [0.2, 0.25) is 0 Å². The summed E-state index contributed by atoms with van der Waals surface area (Å²) in [6.45, 7) is 5.58. The molecule has 2 aromatic rings. The predicted molar refractivity (Wildman–Crippen MR) is 81.4 cm³/mol. The van der Waals surface area contributed by atoms with Crippen LogP contribution in [0.2, 0.25) is 0 Å². The van der Waals surface area contributed by atoms with E-state index in [9.17, 15) is 0 Å². The van der Waals surface area contributed by atoms with Crippen molar-refractivity contribution in [3.63, 3.8) is 0 Å². The van der Waals surface area contributed by atoms with E-state index in [0.717, 1.165) is 17.7 Å². The minimum Gasteiger partial charge on any atom is -0.396 e. The van der Waals surface area contributed by atoms with Gasteiger partial charge in [-0.05, 0) is 24.8 Å². The third-order valence-electron chi connectivity index (χ3n) is 3.61. The second-order valence-electron chi connectivity index (χ2n) is 5.86. The van der Waals surface area contributed by atoms with E-state index in [2.05, 4.69) is 41.9 Å². The Morgan fingerprint density at radius 1 is 1.32 bits per heavy atom. The van der Waals surface area contributed by atoms with Crippen LogP contribution in [0.3, 0.4) is 0 Å². The van der Waals surface area contributed by atoms with Gasteiger partial charge in [-0.2, -0.15) is 0 Å². The first kappa shape index (κ1) is 12.3. The number of hydrogen-bond acceptors (Lipinski definition) is 3. The van der Waals surface area contributed by atoms with E-state index in [0.29, 0.717) is 12.0 Å². The number of nitrogens with two attached hydrogens (primary N) is 1. The van der Waals surface area contributed by atoms with E-state index in [-0.39, 0.29) is 0 Å². The molecule has 1 aliphatic rings. The predicted octanol–water partition coefficient (Wildman–Crippen LogP) is 3.44. The Bertz CT molecular complexity index is 588. The van der Waals surface area contributed by atoms with Crippen LogP contribution in [0, 0.1) is 5.92 Å². The van der Waals surface area contributed by atoms with E-state index in [1.807, 2.05) is 6.07 Å². The molecule has 1 saturated carbocycles. The van der Waals surface area contributed by atoms with Crippen LogP contribution >= 0.6 is 0 Å². The zero-order valence-electron chi connectivity index (χ0n) is 11.6. The summed E-state index contributed by atoms with van der Waals surface area (Å²) in [6, 6.07) is 8.94. The zero-order valence-corrected chi connectivity index (χ0v) is 11.6. The second-order valence-corrected chi connectivity index (χ2v) is 5.86. The maximum absolute atomic E-state index is 6.22. The molecule has 0 bridgehead atoms. The molecule has 0 spiro atoms. The van der Waals surface area contributed by atoms with E-state index >= 15 is 0 Å². The number of anilines is 2. The van der Waals surface area contributed by atoms with Gasteiger partial charge in [-0.3, -0.25) is 4.98 Å². The van der Waals surface area contributed by atoms with Crippen molar-refractivity contribution >= 4 is 22.3 Å². The molecule has 1 aliphatic carbocycles. The number of hydrogen-bond donors (Lipinski definition) is 1. The number of pyridine rings is 1. The summed E-state index contributed by atoms with van der Waals surface area (Å²) in [4.78, 5) is 6.92. The van der Waals surface area contributed by atoms with Gasteiger partial charge in [0, 0.05) is 18.0 Å². The molecule has 3 rings (SSSR count). The lowest BCUT2D eigenvalue weighted by Crippen LogP contribution is -2.30. The Morgan fingerprint density at radius 3 is 2.74 bits per heavy atom. The molecule has 0 aliphatic heterocycles. The molecule has 3 nitrogen and oxygen atoms in total. The lowest BCUT2D eigenvalue weighted by Gasteiger charge is -2.29. The van der Waals surface area contributed by atoms with Crippen molar-refractivity contribution in [2.45, 2.75) is 32.7 Å². The number of nitrogen functional groups attached to an aromatic ring is 1. The molecule has 1 fully saturated rings. The molecule has 0 saturated heterocycles. The lowest BCUT2D eigenvalue weighted by molar-refractivity contribution is 0.609. The number of nitrogens with zero attached hydrogens (tertiary/aromatic N) is 2. The van der Waals surface area contributed by atoms with Gasteiger partial charge in [-0.1, -0.05) is 32.0 Å². The van der Waals surface area contributed by atoms with Crippen molar-refractivity contribution in [2.75, 3.05) is 17.2 Å². The van der Waals surface area contributed by atoms with Gasteiger partial charge >= 0.3 is 0 Å². The maximum Gasteiger partial charge on any atom is 0.0745 e. The fraction of sp³-hybridized carbons (Fsp3) is 0.438. The molecule has 2 N–H and O–H groups in total. The van der Waals surface area contributed by atoms with Gasteiger partial charge in [0.05, 0.1) is 23.1 Å². The molecule has 100 valence electrons. The van der Waals surface area contributed by atoms with Crippen molar-refractivity contribution in [1.82, 2.24) is 4.98 Å². The monoisotopic (exact) mass is 255 g/mol. The van der Waals surface area contributed by atoms with Crippen LogP contribution in [0.4, 0.5) is 11.4 Å². The van der Waals surface area contributed by atoms with Gasteiger partial charge in [-0.25, -0.2) is 0 Å². The average molecular weight is 255 g/mol. The van der Waals surface area contributed by atoms with Crippen LogP contribution in [-0.2, 0) is 0 Å². The molecule has 1 aromatic heterocycles. The number of benzene rings is 1.